The molecule has 0 saturated heterocycles. The molecule has 1 amide bonds. The van der Waals surface area contributed by atoms with E-state index in [0.29, 0.717) is 32.7 Å². The van der Waals surface area contributed by atoms with Crippen LogP contribution >= 0.6 is 15.9 Å². The van der Waals surface area contributed by atoms with Crippen LogP contribution in [-0.2, 0) is 0 Å². The molecule has 2 aromatic heterocycles. The highest BCUT2D eigenvalue weighted by Crippen LogP contribution is 2.31. The summed E-state index contributed by atoms with van der Waals surface area (Å²) in [5.41, 5.74) is 3.03. The number of benzene rings is 2. The molecule has 26 heavy (non-hydrogen) atoms. The second-order valence-electron chi connectivity index (χ2n) is 5.56. The Balaban J connectivity index is 1.63. The fourth-order valence-electron chi connectivity index (χ4n) is 2.47. The second kappa shape index (κ2) is 6.61. The molecule has 0 unspecified atom stereocenters. The Bertz CT molecular complexity index is 1110. The van der Waals surface area contributed by atoms with Crippen LogP contribution in [0.15, 0.2) is 69.8 Å². The Hall–Kier alpha value is -3.19. The largest absolute Gasteiger partial charge is 0.507 e. The third-order valence-corrected chi connectivity index (χ3v) is 4.40. The number of aromatic nitrogens is 2. The first kappa shape index (κ1) is 16.3. The maximum atomic E-state index is 12.2. The number of rotatable bonds is 3. The SMILES string of the molecule is O=C(Nc1ccc2oc(-c3ccc(O)c(Br)c3)nc2c1)c1cccnc1. The lowest BCUT2D eigenvalue weighted by Gasteiger charge is -2.04. The van der Waals surface area contributed by atoms with Crippen molar-refractivity contribution in [1.82, 2.24) is 9.97 Å². The maximum Gasteiger partial charge on any atom is 0.257 e. The monoisotopic (exact) mass is 409 g/mol. The van der Waals surface area contributed by atoms with Crippen LogP contribution in [-0.4, -0.2) is 21.0 Å². The minimum Gasteiger partial charge on any atom is -0.507 e. The van der Waals surface area contributed by atoms with Crippen molar-refractivity contribution >= 4 is 38.6 Å². The standard InChI is InChI=1S/C19H12BrN3O3/c20-14-8-11(3-5-16(14)24)19-23-15-9-13(4-6-17(15)26-19)22-18(25)12-2-1-7-21-10-12/h1-10,24H,(H,22,25). The van der Waals surface area contributed by atoms with Gasteiger partial charge in [-0.1, -0.05) is 0 Å². The van der Waals surface area contributed by atoms with Gasteiger partial charge in [0.1, 0.15) is 11.3 Å². The lowest BCUT2D eigenvalue weighted by atomic mass is 10.2. The number of anilines is 1. The summed E-state index contributed by atoms with van der Waals surface area (Å²) in [4.78, 5) is 20.6. The number of nitrogens with one attached hydrogen (secondary N) is 1. The maximum absolute atomic E-state index is 12.2. The molecule has 0 aliphatic carbocycles. The number of carbonyl (C=O) groups excluding carboxylic acids is 1. The molecule has 0 bridgehead atoms. The van der Waals surface area contributed by atoms with Gasteiger partial charge >= 0.3 is 0 Å². The topological polar surface area (TPSA) is 88.2 Å². The van der Waals surface area contributed by atoms with Crippen LogP contribution in [0.4, 0.5) is 5.69 Å². The summed E-state index contributed by atoms with van der Waals surface area (Å²) in [7, 11) is 0. The molecule has 0 atom stereocenters. The molecular weight excluding hydrogens is 398 g/mol. The van der Waals surface area contributed by atoms with Gasteiger partial charge in [-0.25, -0.2) is 4.98 Å². The first-order valence-corrected chi connectivity index (χ1v) is 8.50. The van der Waals surface area contributed by atoms with E-state index in [4.69, 9.17) is 4.42 Å². The molecule has 128 valence electrons. The van der Waals surface area contributed by atoms with Gasteiger partial charge in [-0.05, 0) is 64.5 Å². The van der Waals surface area contributed by atoms with Crippen molar-refractivity contribution in [2.75, 3.05) is 5.32 Å². The summed E-state index contributed by atoms with van der Waals surface area (Å²) >= 11 is 3.28. The van der Waals surface area contributed by atoms with Gasteiger partial charge in [-0.15, -0.1) is 0 Å². The zero-order chi connectivity index (χ0) is 18.1. The molecule has 2 aromatic carbocycles. The average molecular weight is 410 g/mol. The lowest BCUT2D eigenvalue weighted by molar-refractivity contribution is 0.102. The number of phenolic OH excluding ortho intramolecular Hbond substituents is 1. The van der Waals surface area contributed by atoms with E-state index < -0.39 is 0 Å². The first-order chi connectivity index (χ1) is 12.6. The average Bonchev–Trinajstić information content (AvgIpc) is 3.08. The predicted molar refractivity (Wildman–Crippen MR) is 101 cm³/mol. The van der Waals surface area contributed by atoms with Crippen LogP contribution in [0.3, 0.4) is 0 Å². The molecule has 0 aliphatic rings. The van der Waals surface area contributed by atoms with Crippen molar-refractivity contribution in [3.8, 4) is 17.2 Å². The van der Waals surface area contributed by atoms with Gasteiger partial charge in [0.05, 0.1) is 10.0 Å². The van der Waals surface area contributed by atoms with Gasteiger partial charge in [0.15, 0.2) is 5.58 Å². The molecule has 2 heterocycles. The van der Waals surface area contributed by atoms with Crippen LogP contribution < -0.4 is 5.32 Å². The number of hydrogen-bond donors (Lipinski definition) is 2. The number of nitrogens with zero attached hydrogens (tertiary/aromatic N) is 2. The van der Waals surface area contributed by atoms with Crippen LogP contribution in [0.5, 0.6) is 5.75 Å². The van der Waals surface area contributed by atoms with E-state index in [1.54, 1.807) is 54.7 Å². The number of phenols is 1. The normalized spacial score (nSPS) is 10.8. The van der Waals surface area contributed by atoms with Gasteiger partial charge in [0, 0.05) is 23.6 Å². The lowest BCUT2D eigenvalue weighted by Crippen LogP contribution is -2.11. The molecule has 0 radical (unpaired) electrons. The molecule has 0 spiro atoms. The number of halogens is 1. The molecule has 7 heteroatoms. The number of fused-ring (bicyclic) bond motifs is 1. The number of oxazole rings is 1. The number of hydrogen-bond acceptors (Lipinski definition) is 5. The number of pyridine rings is 1. The Morgan fingerprint density at radius 3 is 2.81 bits per heavy atom. The molecule has 2 N–H and O–H groups in total. The fourth-order valence-corrected chi connectivity index (χ4v) is 2.85. The summed E-state index contributed by atoms with van der Waals surface area (Å²) in [5.74, 6) is 0.324. The van der Waals surface area contributed by atoms with Gasteiger partial charge in [0.25, 0.3) is 5.91 Å². The molecule has 4 rings (SSSR count). The van der Waals surface area contributed by atoms with E-state index in [-0.39, 0.29) is 11.7 Å². The van der Waals surface area contributed by atoms with Crippen molar-refractivity contribution < 1.29 is 14.3 Å². The van der Waals surface area contributed by atoms with Gasteiger partial charge in [0.2, 0.25) is 5.89 Å². The highest BCUT2D eigenvalue weighted by atomic mass is 79.9. The Morgan fingerprint density at radius 1 is 1.15 bits per heavy atom. The third-order valence-electron chi connectivity index (χ3n) is 3.76. The zero-order valence-corrected chi connectivity index (χ0v) is 14.9. The number of amides is 1. The molecular formula is C19H12BrN3O3. The van der Waals surface area contributed by atoms with Crippen molar-refractivity contribution in [2.24, 2.45) is 0 Å². The number of aromatic hydroxyl groups is 1. The van der Waals surface area contributed by atoms with Crippen LogP contribution in [0.1, 0.15) is 10.4 Å². The summed E-state index contributed by atoms with van der Waals surface area (Å²) in [6, 6.07) is 13.6. The Kier molecular flexibility index (Phi) is 4.14. The second-order valence-corrected chi connectivity index (χ2v) is 6.42. The fraction of sp³-hybridized carbons (Fsp3) is 0. The third kappa shape index (κ3) is 3.16. The highest BCUT2D eigenvalue weighted by Gasteiger charge is 2.12. The van der Waals surface area contributed by atoms with E-state index >= 15 is 0 Å². The quantitative estimate of drug-likeness (QED) is 0.515. The van der Waals surface area contributed by atoms with E-state index in [2.05, 4.69) is 31.2 Å². The Morgan fingerprint density at radius 2 is 2.04 bits per heavy atom. The van der Waals surface area contributed by atoms with E-state index in [9.17, 15) is 9.90 Å². The molecule has 4 aromatic rings. The van der Waals surface area contributed by atoms with E-state index in [0.717, 1.165) is 5.56 Å². The molecule has 6 nitrogen and oxygen atoms in total. The molecule has 0 saturated carbocycles. The van der Waals surface area contributed by atoms with Crippen molar-refractivity contribution in [3.63, 3.8) is 0 Å². The minimum absolute atomic E-state index is 0.144. The first-order valence-electron chi connectivity index (χ1n) is 7.71. The summed E-state index contributed by atoms with van der Waals surface area (Å²) < 4.78 is 6.31. The van der Waals surface area contributed by atoms with Crippen molar-refractivity contribution in [1.29, 1.82) is 0 Å². The molecule has 0 aliphatic heterocycles. The van der Waals surface area contributed by atoms with Crippen molar-refractivity contribution in [3.05, 3.63) is 71.0 Å². The van der Waals surface area contributed by atoms with E-state index in [1.807, 2.05) is 0 Å². The van der Waals surface area contributed by atoms with Gasteiger partial charge < -0.3 is 14.8 Å². The molecule has 0 fully saturated rings. The minimum atomic E-state index is -0.247. The van der Waals surface area contributed by atoms with Gasteiger partial charge in [-0.3, -0.25) is 9.78 Å². The summed E-state index contributed by atoms with van der Waals surface area (Å²) in [6.07, 6.45) is 3.12. The van der Waals surface area contributed by atoms with E-state index in [1.165, 1.54) is 6.20 Å². The van der Waals surface area contributed by atoms with Crippen LogP contribution in [0.2, 0.25) is 0 Å². The van der Waals surface area contributed by atoms with Gasteiger partial charge in [-0.2, -0.15) is 0 Å². The zero-order valence-electron chi connectivity index (χ0n) is 13.3. The summed E-state index contributed by atoms with van der Waals surface area (Å²) in [5, 5.41) is 12.4. The van der Waals surface area contributed by atoms with Crippen LogP contribution in [0, 0.1) is 0 Å². The smallest absolute Gasteiger partial charge is 0.257 e. The summed E-state index contributed by atoms with van der Waals surface area (Å²) in [6.45, 7) is 0. The predicted octanol–water partition coefficient (Wildman–Crippen LogP) is 4.61. The van der Waals surface area contributed by atoms with Crippen LogP contribution in [0.25, 0.3) is 22.6 Å². The highest BCUT2D eigenvalue weighted by molar-refractivity contribution is 9.10. The Labute approximate surface area is 156 Å². The number of carbonyl (C=O) groups is 1. The van der Waals surface area contributed by atoms with Crippen molar-refractivity contribution in [2.45, 2.75) is 0 Å².